The monoisotopic (exact) mass is 374 g/mol. The molecule has 0 spiro atoms. The molecule has 0 aromatic heterocycles. The largest absolute Gasteiger partial charge is 0.483 e. The van der Waals surface area contributed by atoms with Gasteiger partial charge in [0.2, 0.25) is 0 Å². The fourth-order valence-electron chi connectivity index (χ4n) is 3.09. The zero-order chi connectivity index (χ0) is 17.6. The number of carbonyl (C=O) groups is 1. The van der Waals surface area contributed by atoms with E-state index >= 15 is 0 Å². The van der Waals surface area contributed by atoms with Crippen LogP contribution in [0, 0.1) is 0 Å². The highest BCUT2D eigenvalue weighted by atomic mass is 35.5. The van der Waals surface area contributed by atoms with Gasteiger partial charge in [0.15, 0.2) is 6.61 Å². The standard InChI is InChI=1S/C21H26N2O2.ClH/c1-3-15(2)19-6-4-5-7-20(19)25-14-21(24)23-11-16-8-9-17-12-22-13-18(17)10-16;/h4-10,15,22H,3,11-14H2,1-2H3,(H,23,24);1H. The number of ether oxygens (including phenoxy) is 1. The number of halogens is 1. The van der Waals surface area contributed by atoms with Crippen molar-refractivity contribution in [3.8, 4) is 5.75 Å². The highest BCUT2D eigenvalue weighted by Gasteiger charge is 2.12. The molecule has 4 nitrogen and oxygen atoms in total. The van der Waals surface area contributed by atoms with Crippen LogP contribution in [0.2, 0.25) is 0 Å². The predicted molar refractivity (Wildman–Crippen MR) is 107 cm³/mol. The van der Waals surface area contributed by atoms with Crippen LogP contribution in [0.5, 0.6) is 5.75 Å². The summed E-state index contributed by atoms with van der Waals surface area (Å²) in [6.07, 6.45) is 1.04. The van der Waals surface area contributed by atoms with Crippen LogP contribution in [0.25, 0.3) is 0 Å². The van der Waals surface area contributed by atoms with Gasteiger partial charge in [-0.3, -0.25) is 4.79 Å². The fourth-order valence-corrected chi connectivity index (χ4v) is 3.09. The van der Waals surface area contributed by atoms with E-state index in [-0.39, 0.29) is 24.9 Å². The van der Waals surface area contributed by atoms with E-state index in [1.54, 1.807) is 0 Å². The quantitative estimate of drug-likeness (QED) is 0.772. The number of carbonyl (C=O) groups excluding carboxylic acids is 1. The van der Waals surface area contributed by atoms with Crippen molar-refractivity contribution in [2.45, 2.75) is 45.8 Å². The molecular weight excluding hydrogens is 348 g/mol. The third-order valence-corrected chi connectivity index (χ3v) is 4.81. The van der Waals surface area contributed by atoms with Crippen molar-refractivity contribution in [1.82, 2.24) is 10.6 Å². The Labute approximate surface area is 161 Å². The first-order valence-electron chi connectivity index (χ1n) is 8.97. The van der Waals surface area contributed by atoms with E-state index in [0.717, 1.165) is 36.4 Å². The lowest BCUT2D eigenvalue weighted by Crippen LogP contribution is -2.28. The second kappa shape index (κ2) is 9.60. The van der Waals surface area contributed by atoms with Crippen molar-refractivity contribution in [1.29, 1.82) is 0 Å². The zero-order valence-corrected chi connectivity index (χ0v) is 16.2. The molecule has 3 rings (SSSR count). The molecule has 5 heteroatoms. The van der Waals surface area contributed by atoms with E-state index in [1.165, 1.54) is 11.1 Å². The van der Waals surface area contributed by atoms with Gasteiger partial charge in [-0.2, -0.15) is 0 Å². The van der Waals surface area contributed by atoms with Crippen LogP contribution in [0.1, 0.15) is 48.4 Å². The van der Waals surface area contributed by atoms with Gasteiger partial charge in [0.05, 0.1) is 0 Å². The minimum absolute atomic E-state index is 0. The number of para-hydroxylation sites is 1. The van der Waals surface area contributed by atoms with Crippen molar-refractivity contribution in [2.24, 2.45) is 0 Å². The molecule has 2 aromatic carbocycles. The normalized spacial score (nSPS) is 13.5. The summed E-state index contributed by atoms with van der Waals surface area (Å²) in [7, 11) is 0. The van der Waals surface area contributed by atoms with Crippen LogP contribution < -0.4 is 15.4 Å². The Morgan fingerprint density at radius 2 is 1.96 bits per heavy atom. The van der Waals surface area contributed by atoms with E-state index in [9.17, 15) is 4.79 Å². The average molecular weight is 375 g/mol. The summed E-state index contributed by atoms with van der Waals surface area (Å²) < 4.78 is 5.76. The molecule has 0 saturated heterocycles. The summed E-state index contributed by atoms with van der Waals surface area (Å²) >= 11 is 0. The molecule has 26 heavy (non-hydrogen) atoms. The van der Waals surface area contributed by atoms with Crippen molar-refractivity contribution in [3.05, 3.63) is 64.7 Å². The minimum atomic E-state index is -0.0995. The highest BCUT2D eigenvalue weighted by Crippen LogP contribution is 2.28. The first-order valence-corrected chi connectivity index (χ1v) is 8.97. The number of fused-ring (bicyclic) bond motifs is 1. The zero-order valence-electron chi connectivity index (χ0n) is 15.4. The van der Waals surface area contributed by atoms with E-state index in [0.29, 0.717) is 12.5 Å². The van der Waals surface area contributed by atoms with Gasteiger partial charge in [-0.15, -0.1) is 12.4 Å². The average Bonchev–Trinajstić information content (AvgIpc) is 3.12. The summed E-state index contributed by atoms with van der Waals surface area (Å²) in [5.74, 6) is 1.12. The van der Waals surface area contributed by atoms with Crippen LogP contribution in [-0.4, -0.2) is 12.5 Å². The molecule has 0 radical (unpaired) electrons. The second-order valence-corrected chi connectivity index (χ2v) is 6.62. The Balaban J connectivity index is 0.00000243. The van der Waals surface area contributed by atoms with Gasteiger partial charge < -0.3 is 15.4 Å². The van der Waals surface area contributed by atoms with Gasteiger partial charge in [-0.1, -0.05) is 50.2 Å². The van der Waals surface area contributed by atoms with Gasteiger partial charge in [-0.25, -0.2) is 0 Å². The number of benzene rings is 2. The van der Waals surface area contributed by atoms with Gasteiger partial charge in [0.25, 0.3) is 5.91 Å². The van der Waals surface area contributed by atoms with Crippen LogP contribution >= 0.6 is 12.4 Å². The lowest BCUT2D eigenvalue weighted by molar-refractivity contribution is -0.123. The molecule has 0 bridgehead atoms. The topological polar surface area (TPSA) is 50.4 Å². The third-order valence-electron chi connectivity index (χ3n) is 4.81. The molecule has 1 aliphatic heterocycles. The molecule has 1 amide bonds. The lowest BCUT2D eigenvalue weighted by atomic mass is 9.98. The van der Waals surface area contributed by atoms with Gasteiger partial charge >= 0.3 is 0 Å². The molecular formula is C21H27ClN2O2. The van der Waals surface area contributed by atoms with Crippen LogP contribution in [0.4, 0.5) is 0 Å². The van der Waals surface area contributed by atoms with Crippen molar-refractivity contribution >= 4 is 18.3 Å². The first-order chi connectivity index (χ1) is 12.2. The number of amides is 1. The Hall–Kier alpha value is -2.04. The van der Waals surface area contributed by atoms with Crippen molar-refractivity contribution < 1.29 is 9.53 Å². The Kier molecular flexibility index (Phi) is 7.49. The number of hydrogen-bond donors (Lipinski definition) is 2. The molecule has 1 aliphatic rings. The van der Waals surface area contributed by atoms with Gasteiger partial charge in [0.1, 0.15) is 5.75 Å². The fraction of sp³-hybridized carbons (Fsp3) is 0.381. The summed E-state index contributed by atoms with van der Waals surface area (Å²) in [6.45, 7) is 6.74. The Morgan fingerprint density at radius 1 is 1.19 bits per heavy atom. The van der Waals surface area contributed by atoms with E-state index in [1.807, 2.05) is 18.2 Å². The lowest BCUT2D eigenvalue weighted by Gasteiger charge is -2.15. The van der Waals surface area contributed by atoms with Crippen LogP contribution in [-0.2, 0) is 24.4 Å². The summed E-state index contributed by atoms with van der Waals surface area (Å²) in [4.78, 5) is 12.1. The maximum absolute atomic E-state index is 12.1. The van der Waals surface area contributed by atoms with Crippen molar-refractivity contribution in [3.63, 3.8) is 0 Å². The molecule has 1 unspecified atom stereocenters. The van der Waals surface area contributed by atoms with Gasteiger partial charge in [-0.05, 0) is 40.7 Å². The van der Waals surface area contributed by atoms with E-state index in [4.69, 9.17) is 4.74 Å². The molecule has 0 aliphatic carbocycles. The smallest absolute Gasteiger partial charge is 0.258 e. The number of nitrogens with one attached hydrogen (secondary N) is 2. The van der Waals surface area contributed by atoms with Crippen LogP contribution in [0.3, 0.4) is 0 Å². The molecule has 0 saturated carbocycles. The third kappa shape index (κ3) is 4.99. The molecule has 1 heterocycles. The highest BCUT2D eigenvalue weighted by molar-refractivity contribution is 5.85. The van der Waals surface area contributed by atoms with Crippen molar-refractivity contribution in [2.75, 3.05) is 6.61 Å². The Morgan fingerprint density at radius 3 is 2.77 bits per heavy atom. The molecule has 2 aromatic rings. The summed E-state index contributed by atoms with van der Waals surface area (Å²) in [5.41, 5.74) is 4.95. The predicted octanol–water partition coefficient (Wildman–Crippen LogP) is 3.92. The Bertz CT molecular complexity index is 749. The first kappa shape index (κ1) is 20.3. The van der Waals surface area contributed by atoms with E-state index < -0.39 is 0 Å². The minimum Gasteiger partial charge on any atom is -0.483 e. The van der Waals surface area contributed by atoms with E-state index in [2.05, 4.69) is 48.7 Å². The maximum Gasteiger partial charge on any atom is 0.258 e. The van der Waals surface area contributed by atoms with Gasteiger partial charge in [0, 0.05) is 19.6 Å². The van der Waals surface area contributed by atoms with Crippen LogP contribution in [0.15, 0.2) is 42.5 Å². The number of rotatable bonds is 7. The summed E-state index contributed by atoms with van der Waals surface area (Å²) in [5, 5.41) is 6.27. The number of hydrogen-bond acceptors (Lipinski definition) is 3. The molecule has 140 valence electrons. The second-order valence-electron chi connectivity index (χ2n) is 6.62. The SMILES string of the molecule is CCC(C)c1ccccc1OCC(=O)NCc1ccc2c(c1)CNC2.Cl. The maximum atomic E-state index is 12.1. The molecule has 1 atom stereocenters. The molecule has 0 fully saturated rings. The summed E-state index contributed by atoms with van der Waals surface area (Å²) in [6, 6.07) is 14.3. The molecule has 2 N–H and O–H groups in total.